The predicted molar refractivity (Wildman–Crippen MR) is 64.0 cm³/mol. The molecule has 1 unspecified atom stereocenters. The number of hydrogen-bond donors (Lipinski definition) is 2. The van der Waals surface area contributed by atoms with Crippen LogP contribution in [0, 0.1) is 5.92 Å². The van der Waals surface area contributed by atoms with Crippen LogP contribution in [0.4, 0.5) is 0 Å². The van der Waals surface area contributed by atoms with Gasteiger partial charge in [0, 0.05) is 19.3 Å². The monoisotopic (exact) mass is 232 g/mol. The Balaban J connectivity index is 0. The fourth-order valence-electron chi connectivity index (χ4n) is 1.05. The van der Waals surface area contributed by atoms with E-state index in [4.69, 9.17) is 10.2 Å². The van der Waals surface area contributed by atoms with Crippen molar-refractivity contribution in [3.05, 3.63) is 12.7 Å². The molecule has 0 amide bonds. The van der Waals surface area contributed by atoms with E-state index in [1.54, 1.807) is 0 Å². The Morgan fingerprint density at radius 3 is 2.31 bits per heavy atom. The zero-order valence-electron chi connectivity index (χ0n) is 10.3. The second kappa shape index (κ2) is 14.1. The third-order valence-electron chi connectivity index (χ3n) is 2.22. The van der Waals surface area contributed by atoms with Crippen LogP contribution in [0.2, 0.25) is 0 Å². The number of unbranched alkanes of at least 4 members (excludes halogenated alkanes) is 1. The highest BCUT2D eigenvalue weighted by molar-refractivity contribution is 5.80. The number of methoxy groups -OCH3 is 1. The minimum Gasteiger partial charge on any atom is -0.466 e. The van der Waals surface area contributed by atoms with Crippen LogP contribution in [0.3, 0.4) is 0 Å². The quantitative estimate of drug-likeness (QED) is 0.397. The number of aliphatic hydroxyl groups is 2. The van der Waals surface area contributed by atoms with Gasteiger partial charge in [0.2, 0.25) is 0 Å². The molecule has 0 aromatic carbocycles. The normalized spacial score (nSPS) is 11.0. The Morgan fingerprint density at radius 2 is 2.06 bits per heavy atom. The molecule has 0 rings (SSSR count). The van der Waals surface area contributed by atoms with Crippen molar-refractivity contribution in [2.75, 3.05) is 20.3 Å². The van der Waals surface area contributed by atoms with Crippen molar-refractivity contribution in [2.45, 2.75) is 32.6 Å². The molecule has 0 saturated carbocycles. The molecule has 1 atom stereocenters. The Morgan fingerprint density at radius 1 is 1.44 bits per heavy atom. The summed E-state index contributed by atoms with van der Waals surface area (Å²) in [6, 6.07) is 0. The molecule has 0 saturated heterocycles. The third-order valence-corrected chi connectivity index (χ3v) is 2.22. The summed E-state index contributed by atoms with van der Waals surface area (Å²) in [5, 5.41) is 17.2. The molecular weight excluding hydrogens is 208 g/mol. The van der Waals surface area contributed by atoms with Crippen LogP contribution in [0.25, 0.3) is 0 Å². The van der Waals surface area contributed by atoms with Crippen LogP contribution < -0.4 is 0 Å². The van der Waals surface area contributed by atoms with Gasteiger partial charge in [-0.05, 0) is 18.8 Å². The first kappa shape index (κ1) is 17.5. The van der Waals surface area contributed by atoms with Crippen molar-refractivity contribution in [3.8, 4) is 0 Å². The Hall–Kier alpha value is -0.870. The molecule has 0 radical (unpaired) electrons. The van der Waals surface area contributed by atoms with E-state index in [0.717, 1.165) is 31.8 Å². The number of hydrogen-bond acceptors (Lipinski definition) is 4. The minimum absolute atomic E-state index is 0.280. The average molecular weight is 232 g/mol. The topological polar surface area (TPSA) is 66.8 Å². The second-order valence-corrected chi connectivity index (χ2v) is 3.40. The van der Waals surface area contributed by atoms with Crippen LogP contribution in [-0.2, 0) is 9.53 Å². The standard InChI is InChI=1S/C8H18O2.C4H6O2/c1-2-8(7-10)5-3-4-6-9;1-3-4(5)6-2/h8-10H,2-7H2,1H3;3H,1H2,2H3. The molecule has 4 heteroatoms. The minimum atomic E-state index is -0.394. The van der Waals surface area contributed by atoms with Gasteiger partial charge in [0.25, 0.3) is 0 Å². The van der Waals surface area contributed by atoms with E-state index >= 15 is 0 Å². The largest absolute Gasteiger partial charge is 0.466 e. The van der Waals surface area contributed by atoms with E-state index in [1.807, 2.05) is 0 Å². The summed E-state index contributed by atoms with van der Waals surface area (Å²) in [4.78, 5) is 9.84. The van der Waals surface area contributed by atoms with E-state index in [9.17, 15) is 4.79 Å². The summed E-state index contributed by atoms with van der Waals surface area (Å²) in [6.45, 7) is 5.81. The first-order valence-corrected chi connectivity index (χ1v) is 5.58. The van der Waals surface area contributed by atoms with E-state index in [0.29, 0.717) is 12.5 Å². The molecule has 0 fully saturated rings. The Bertz CT molecular complexity index is 164. The SMILES string of the molecule is C=CC(=O)OC.CCC(CO)CCCCO. The summed E-state index contributed by atoms with van der Waals surface area (Å²) in [6.07, 6.45) is 5.11. The zero-order chi connectivity index (χ0) is 12.8. The highest BCUT2D eigenvalue weighted by atomic mass is 16.5. The highest BCUT2D eigenvalue weighted by Gasteiger charge is 2.02. The maximum atomic E-state index is 9.84. The van der Waals surface area contributed by atoms with Gasteiger partial charge in [-0.3, -0.25) is 0 Å². The maximum absolute atomic E-state index is 9.84. The zero-order valence-corrected chi connectivity index (χ0v) is 10.3. The van der Waals surface area contributed by atoms with Crippen LogP contribution in [0.1, 0.15) is 32.6 Å². The number of aliphatic hydroxyl groups excluding tert-OH is 2. The number of rotatable bonds is 7. The lowest BCUT2D eigenvalue weighted by Crippen LogP contribution is -2.04. The van der Waals surface area contributed by atoms with Gasteiger partial charge in [-0.2, -0.15) is 0 Å². The highest BCUT2D eigenvalue weighted by Crippen LogP contribution is 2.10. The van der Waals surface area contributed by atoms with E-state index in [1.165, 1.54) is 7.11 Å². The van der Waals surface area contributed by atoms with Crippen molar-refractivity contribution >= 4 is 5.97 Å². The lowest BCUT2D eigenvalue weighted by molar-refractivity contribution is -0.134. The van der Waals surface area contributed by atoms with Crippen molar-refractivity contribution < 1.29 is 19.7 Å². The Kier molecular flexibility index (Phi) is 15.5. The lowest BCUT2D eigenvalue weighted by Gasteiger charge is -2.09. The van der Waals surface area contributed by atoms with Crippen molar-refractivity contribution in [1.29, 1.82) is 0 Å². The smallest absolute Gasteiger partial charge is 0.329 e. The van der Waals surface area contributed by atoms with Gasteiger partial charge in [0.05, 0.1) is 7.11 Å². The first-order valence-electron chi connectivity index (χ1n) is 5.58. The van der Waals surface area contributed by atoms with Crippen molar-refractivity contribution in [3.63, 3.8) is 0 Å². The van der Waals surface area contributed by atoms with Gasteiger partial charge >= 0.3 is 5.97 Å². The molecule has 0 spiro atoms. The van der Waals surface area contributed by atoms with Gasteiger partial charge in [0.1, 0.15) is 0 Å². The number of carbonyl (C=O) groups is 1. The molecular formula is C12H24O4. The lowest BCUT2D eigenvalue weighted by atomic mass is 10.0. The summed E-state index contributed by atoms with van der Waals surface area (Å²) in [5.41, 5.74) is 0. The molecule has 0 aromatic rings. The van der Waals surface area contributed by atoms with E-state index in [-0.39, 0.29) is 6.61 Å². The molecule has 4 nitrogen and oxygen atoms in total. The molecule has 0 heterocycles. The van der Waals surface area contributed by atoms with Crippen molar-refractivity contribution in [1.82, 2.24) is 0 Å². The molecule has 0 aliphatic heterocycles. The molecule has 2 N–H and O–H groups in total. The molecule has 0 aliphatic carbocycles. The molecule has 0 aromatic heterocycles. The number of esters is 1. The maximum Gasteiger partial charge on any atom is 0.329 e. The number of carbonyl (C=O) groups excluding carboxylic acids is 1. The summed E-state index contributed by atoms with van der Waals surface area (Å²) < 4.78 is 4.14. The molecule has 16 heavy (non-hydrogen) atoms. The van der Waals surface area contributed by atoms with E-state index in [2.05, 4.69) is 18.2 Å². The summed E-state index contributed by atoms with van der Waals surface area (Å²) in [7, 11) is 1.31. The molecule has 0 aliphatic rings. The summed E-state index contributed by atoms with van der Waals surface area (Å²) in [5.74, 6) is 0.0570. The van der Waals surface area contributed by atoms with E-state index < -0.39 is 5.97 Å². The van der Waals surface area contributed by atoms with Crippen LogP contribution >= 0.6 is 0 Å². The number of ether oxygens (including phenoxy) is 1. The van der Waals surface area contributed by atoms with Gasteiger partial charge in [-0.25, -0.2) is 4.79 Å². The van der Waals surface area contributed by atoms with Crippen molar-refractivity contribution in [2.24, 2.45) is 5.92 Å². The van der Waals surface area contributed by atoms with Gasteiger partial charge in [-0.15, -0.1) is 0 Å². The third kappa shape index (κ3) is 13.1. The van der Waals surface area contributed by atoms with Crippen LogP contribution in [0.15, 0.2) is 12.7 Å². The Labute approximate surface area is 97.9 Å². The van der Waals surface area contributed by atoms with Crippen LogP contribution in [0.5, 0.6) is 0 Å². The van der Waals surface area contributed by atoms with Gasteiger partial charge < -0.3 is 14.9 Å². The molecule has 0 bridgehead atoms. The first-order chi connectivity index (χ1) is 7.65. The molecule has 96 valence electrons. The van der Waals surface area contributed by atoms with Crippen LogP contribution in [-0.4, -0.2) is 36.5 Å². The van der Waals surface area contributed by atoms with Gasteiger partial charge in [-0.1, -0.05) is 26.3 Å². The van der Waals surface area contributed by atoms with Gasteiger partial charge in [0.15, 0.2) is 0 Å². The average Bonchev–Trinajstić information content (AvgIpc) is 2.34. The second-order valence-electron chi connectivity index (χ2n) is 3.40. The summed E-state index contributed by atoms with van der Waals surface area (Å²) >= 11 is 0. The fraction of sp³-hybridized carbons (Fsp3) is 0.750. The predicted octanol–water partition coefficient (Wildman–Crippen LogP) is 1.51. The fourth-order valence-corrected chi connectivity index (χ4v) is 1.05.